The molecule has 3 N–H and O–H groups in total. The average molecular weight is 262 g/mol. The molecule has 0 saturated carbocycles. The summed E-state index contributed by atoms with van der Waals surface area (Å²) in [5, 5.41) is 14.9. The average Bonchev–Trinajstić information content (AvgIpc) is 2.81. The Balaban J connectivity index is 1.99. The minimum atomic E-state index is -0.194. The van der Waals surface area contributed by atoms with Crippen LogP contribution in [0.1, 0.15) is 42.5 Å². The second-order valence-electron chi connectivity index (χ2n) is 5.14. The Morgan fingerprint density at radius 1 is 1.53 bits per heavy atom. The zero-order valence-corrected chi connectivity index (χ0v) is 11.6. The van der Waals surface area contributed by atoms with E-state index in [9.17, 15) is 4.79 Å². The van der Waals surface area contributed by atoms with E-state index in [0.29, 0.717) is 0 Å². The van der Waals surface area contributed by atoms with Gasteiger partial charge < -0.3 is 15.7 Å². The molecule has 2 atom stereocenters. The number of rotatable bonds is 4. The summed E-state index contributed by atoms with van der Waals surface area (Å²) < 4.78 is 0. The highest BCUT2D eigenvalue weighted by Crippen LogP contribution is 2.32. The van der Waals surface area contributed by atoms with Crippen LogP contribution >= 0.6 is 0 Å². The smallest absolute Gasteiger partial charge is 0.315 e. The monoisotopic (exact) mass is 262 g/mol. The number of amides is 2. The molecule has 1 aromatic carbocycles. The fourth-order valence-corrected chi connectivity index (χ4v) is 2.65. The molecule has 0 spiro atoms. The van der Waals surface area contributed by atoms with Crippen LogP contribution in [-0.4, -0.2) is 23.8 Å². The summed E-state index contributed by atoms with van der Waals surface area (Å²) in [6, 6.07) is 5.96. The Morgan fingerprint density at radius 2 is 2.32 bits per heavy atom. The first-order valence-electron chi connectivity index (χ1n) is 6.92. The molecule has 1 aliphatic rings. The largest absolute Gasteiger partial charge is 0.394 e. The van der Waals surface area contributed by atoms with Gasteiger partial charge in [-0.05, 0) is 42.9 Å². The van der Waals surface area contributed by atoms with Gasteiger partial charge >= 0.3 is 6.03 Å². The second-order valence-corrected chi connectivity index (χ2v) is 5.14. The number of aryl methyl sites for hydroxylation is 1. The SMILES string of the molecule is CC[C@@H](CO)NC(=O)NC1CCc2c(C)cccc21. The summed E-state index contributed by atoms with van der Waals surface area (Å²) in [7, 11) is 0. The maximum Gasteiger partial charge on any atom is 0.315 e. The summed E-state index contributed by atoms with van der Waals surface area (Å²) in [5.41, 5.74) is 3.89. The van der Waals surface area contributed by atoms with Crippen LogP contribution in [-0.2, 0) is 6.42 Å². The van der Waals surface area contributed by atoms with E-state index in [1.165, 1.54) is 16.7 Å². The molecule has 1 aromatic rings. The van der Waals surface area contributed by atoms with E-state index in [1.807, 2.05) is 13.0 Å². The van der Waals surface area contributed by atoms with E-state index in [4.69, 9.17) is 5.11 Å². The first-order valence-corrected chi connectivity index (χ1v) is 6.92. The Labute approximate surface area is 114 Å². The number of carbonyl (C=O) groups is 1. The van der Waals surface area contributed by atoms with Gasteiger partial charge in [0.1, 0.15) is 0 Å². The number of urea groups is 1. The molecule has 1 aliphatic carbocycles. The van der Waals surface area contributed by atoms with Gasteiger partial charge in [0.05, 0.1) is 18.7 Å². The lowest BCUT2D eigenvalue weighted by Crippen LogP contribution is -2.44. The van der Waals surface area contributed by atoms with Gasteiger partial charge in [-0.3, -0.25) is 0 Å². The minimum absolute atomic E-state index is 0.0235. The van der Waals surface area contributed by atoms with Gasteiger partial charge in [0, 0.05) is 0 Å². The molecule has 0 heterocycles. The molecule has 4 heteroatoms. The third-order valence-corrected chi connectivity index (χ3v) is 3.86. The van der Waals surface area contributed by atoms with Crippen molar-refractivity contribution in [2.75, 3.05) is 6.61 Å². The second kappa shape index (κ2) is 6.06. The Bertz CT molecular complexity index is 455. The molecular formula is C15H22N2O2. The molecule has 1 unspecified atom stereocenters. The number of aliphatic hydroxyl groups excluding tert-OH is 1. The zero-order chi connectivity index (χ0) is 13.8. The van der Waals surface area contributed by atoms with Gasteiger partial charge in [0.25, 0.3) is 0 Å². The van der Waals surface area contributed by atoms with Gasteiger partial charge in [0.15, 0.2) is 0 Å². The number of hydrogen-bond donors (Lipinski definition) is 3. The lowest BCUT2D eigenvalue weighted by Gasteiger charge is -2.19. The van der Waals surface area contributed by atoms with Crippen LogP contribution < -0.4 is 10.6 Å². The Hall–Kier alpha value is -1.55. The van der Waals surface area contributed by atoms with Crippen molar-refractivity contribution in [2.24, 2.45) is 0 Å². The van der Waals surface area contributed by atoms with Crippen molar-refractivity contribution in [1.82, 2.24) is 10.6 Å². The fourth-order valence-electron chi connectivity index (χ4n) is 2.65. The topological polar surface area (TPSA) is 61.4 Å². The summed E-state index contributed by atoms with van der Waals surface area (Å²) in [6.45, 7) is 4.03. The van der Waals surface area contributed by atoms with Crippen molar-refractivity contribution >= 4 is 6.03 Å². The highest BCUT2D eigenvalue weighted by Gasteiger charge is 2.25. The van der Waals surface area contributed by atoms with E-state index >= 15 is 0 Å². The quantitative estimate of drug-likeness (QED) is 0.777. The molecule has 0 saturated heterocycles. The van der Waals surface area contributed by atoms with Crippen LogP contribution in [0.3, 0.4) is 0 Å². The van der Waals surface area contributed by atoms with Crippen molar-refractivity contribution < 1.29 is 9.90 Å². The normalized spacial score (nSPS) is 18.8. The predicted octanol–water partition coefficient (Wildman–Crippen LogP) is 2.05. The number of nitrogens with one attached hydrogen (secondary N) is 2. The summed E-state index contributed by atoms with van der Waals surface area (Å²) in [4.78, 5) is 11.9. The summed E-state index contributed by atoms with van der Waals surface area (Å²) in [5.74, 6) is 0. The highest BCUT2D eigenvalue weighted by atomic mass is 16.3. The molecule has 0 radical (unpaired) electrons. The van der Waals surface area contributed by atoms with Crippen LogP contribution in [0.15, 0.2) is 18.2 Å². The number of fused-ring (bicyclic) bond motifs is 1. The van der Waals surface area contributed by atoms with Crippen molar-refractivity contribution in [1.29, 1.82) is 0 Å². The van der Waals surface area contributed by atoms with Gasteiger partial charge in [-0.15, -0.1) is 0 Å². The third kappa shape index (κ3) is 3.07. The molecule has 0 aromatic heterocycles. The molecular weight excluding hydrogens is 240 g/mol. The molecule has 19 heavy (non-hydrogen) atoms. The van der Waals surface area contributed by atoms with E-state index in [0.717, 1.165) is 19.3 Å². The molecule has 0 aliphatic heterocycles. The Kier molecular flexibility index (Phi) is 4.43. The van der Waals surface area contributed by atoms with Gasteiger partial charge in [-0.25, -0.2) is 4.79 Å². The number of aliphatic hydroxyl groups is 1. The number of benzene rings is 1. The first-order chi connectivity index (χ1) is 9.15. The van der Waals surface area contributed by atoms with Crippen molar-refractivity contribution in [3.63, 3.8) is 0 Å². The van der Waals surface area contributed by atoms with Crippen LogP contribution in [0, 0.1) is 6.92 Å². The zero-order valence-electron chi connectivity index (χ0n) is 11.6. The van der Waals surface area contributed by atoms with E-state index < -0.39 is 0 Å². The molecule has 2 amide bonds. The maximum absolute atomic E-state index is 11.9. The lowest BCUT2D eigenvalue weighted by atomic mass is 10.0. The lowest BCUT2D eigenvalue weighted by molar-refractivity contribution is 0.212. The first kappa shape index (κ1) is 13.9. The third-order valence-electron chi connectivity index (χ3n) is 3.86. The number of hydrogen-bond acceptors (Lipinski definition) is 2. The Morgan fingerprint density at radius 3 is 3.00 bits per heavy atom. The van der Waals surface area contributed by atoms with E-state index in [-0.39, 0.29) is 24.7 Å². The summed E-state index contributed by atoms with van der Waals surface area (Å²) in [6.07, 6.45) is 2.69. The standard InChI is InChI=1S/C15H22N2O2/c1-3-11(9-18)16-15(19)17-14-8-7-12-10(2)5-4-6-13(12)14/h4-6,11,14,18H,3,7-9H2,1-2H3,(H2,16,17,19)/t11-,14?/m0/s1. The molecule has 4 nitrogen and oxygen atoms in total. The molecule has 104 valence electrons. The van der Waals surface area contributed by atoms with Crippen LogP contribution in [0.4, 0.5) is 4.79 Å². The van der Waals surface area contributed by atoms with Crippen molar-refractivity contribution in [3.8, 4) is 0 Å². The molecule has 2 rings (SSSR count). The summed E-state index contributed by atoms with van der Waals surface area (Å²) >= 11 is 0. The van der Waals surface area contributed by atoms with Crippen molar-refractivity contribution in [3.05, 3.63) is 34.9 Å². The predicted molar refractivity (Wildman–Crippen MR) is 75.1 cm³/mol. The van der Waals surface area contributed by atoms with Gasteiger partial charge in [-0.2, -0.15) is 0 Å². The molecule has 0 bridgehead atoms. The van der Waals surface area contributed by atoms with E-state index in [1.54, 1.807) is 0 Å². The van der Waals surface area contributed by atoms with Crippen LogP contribution in [0.25, 0.3) is 0 Å². The van der Waals surface area contributed by atoms with E-state index in [2.05, 4.69) is 29.7 Å². The van der Waals surface area contributed by atoms with Gasteiger partial charge in [0.2, 0.25) is 0 Å². The highest BCUT2D eigenvalue weighted by molar-refractivity contribution is 5.75. The van der Waals surface area contributed by atoms with Crippen molar-refractivity contribution in [2.45, 2.75) is 45.2 Å². The van der Waals surface area contributed by atoms with Crippen LogP contribution in [0.5, 0.6) is 0 Å². The maximum atomic E-state index is 11.9. The minimum Gasteiger partial charge on any atom is -0.394 e. The molecule has 0 fully saturated rings. The van der Waals surface area contributed by atoms with Crippen LogP contribution in [0.2, 0.25) is 0 Å². The van der Waals surface area contributed by atoms with Gasteiger partial charge in [-0.1, -0.05) is 25.1 Å². The number of carbonyl (C=O) groups excluding carboxylic acids is 1. The fraction of sp³-hybridized carbons (Fsp3) is 0.533.